The van der Waals surface area contributed by atoms with Crippen molar-refractivity contribution in [2.45, 2.75) is 20.3 Å². The van der Waals surface area contributed by atoms with Crippen LogP contribution in [0.3, 0.4) is 0 Å². The van der Waals surface area contributed by atoms with Crippen LogP contribution in [0.2, 0.25) is 0 Å². The number of carbonyl (C=O) groups is 3. The van der Waals surface area contributed by atoms with Crippen molar-refractivity contribution in [3.8, 4) is 0 Å². The highest BCUT2D eigenvalue weighted by molar-refractivity contribution is 6.02. The minimum Gasteiger partial charge on any atom is -0.465 e. The summed E-state index contributed by atoms with van der Waals surface area (Å²) in [6.45, 7) is 3.32. The maximum atomic E-state index is 12.4. The van der Waals surface area contributed by atoms with Crippen molar-refractivity contribution < 1.29 is 28.8 Å². The first-order chi connectivity index (χ1) is 11.8. The van der Waals surface area contributed by atoms with Crippen LogP contribution in [0.25, 0.3) is 0 Å². The normalized spacial score (nSPS) is 10.2. The Hall–Kier alpha value is -2.97. The number of esters is 2. The van der Waals surface area contributed by atoms with Gasteiger partial charge in [0, 0.05) is 24.9 Å². The second kappa shape index (κ2) is 9.36. The number of nitro groups is 1. The van der Waals surface area contributed by atoms with E-state index in [9.17, 15) is 24.5 Å². The molecule has 9 heteroatoms. The van der Waals surface area contributed by atoms with Gasteiger partial charge in [-0.2, -0.15) is 0 Å². The van der Waals surface area contributed by atoms with E-state index in [1.54, 1.807) is 13.8 Å². The third-order valence-corrected chi connectivity index (χ3v) is 3.34. The molecule has 0 aromatic heterocycles. The number of anilines is 1. The molecule has 0 atom stereocenters. The van der Waals surface area contributed by atoms with Crippen LogP contribution in [0.15, 0.2) is 24.3 Å². The molecule has 0 spiro atoms. The van der Waals surface area contributed by atoms with Crippen molar-refractivity contribution in [3.05, 3.63) is 34.4 Å². The molecule has 0 aliphatic heterocycles. The SMILES string of the molecule is CCOC(=O)C(CC(=O)N(C)c1ccc([N+](=O)[O-])cc1)C(=O)OCC. The summed E-state index contributed by atoms with van der Waals surface area (Å²) < 4.78 is 9.63. The van der Waals surface area contributed by atoms with Gasteiger partial charge in [-0.05, 0) is 26.0 Å². The number of nitro benzene ring substituents is 1. The van der Waals surface area contributed by atoms with Crippen molar-refractivity contribution in [3.63, 3.8) is 0 Å². The molecule has 0 bridgehead atoms. The highest BCUT2D eigenvalue weighted by Gasteiger charge is 2.33. The standard InChI is InChI=1S/C16H20N2O7/c1-4-24-15(20)13(16(21)25-5-2)10-14(19)17(3)11-6-8-12(9-7-11)18(22)23/h6-9,13H,4-5,10H2,1-3H3. The number of ether oxygens (including phenoxy) is 2. The second-order valence-electron chi connectivity index (χ2n) is 4.99. The highest BCUT2D eigenvalue weighted by atomic mass is 16.6. The van der Waals surface area contributed by atoms with E-state index in [-0.39, 0.29) is 18.9 Å². The molecule has 0 heterocycles. The van der Waals surface area contributed by atoms with Gasteiger partial charge in [0.05, 0.1) is 24.6 Å². The fourth-order valence-corrected chi connectivity index (χ4v) is 2.00. The number of hydrogen-bond acceptors (Lipinski definition) is 7. The van der Waals surface area contributed by atoms with E-state index in [0.717, 1.165) is 0 Å². The lowest BCUT2D eigenvalue weighted by atomic mass is 10.0. The van der Waals surface area contributed by atoms with Gasteiger partial charge in [0.25, 0.3) is 5.69 Å². The summed E-state index contributed by atoms with van der Waals surface area (Å²) in [5, 5.41) is 10.7. The molecule has 0 N–H and O–H groups in total. The van der Waals surface area contributed by atoms with Gasteiger partial charge in [-0.25, -0.2) is 0 Å². The van der Waals surface area contributed by atoms with E-state index in [2.05, 4.69) is 0 Å². The molecule has 25 heavy (non-hydrogen) atoms. The molecular weight excluding hydrogens is 332 g/mol. The van der Waals surface area contributed by atoms with Crippen molar-refractivity contribution in [1.82, 2.24) is 0 Å². The van der Waals surface area contributed by atoms with Gasteiger partial charge >= 0.3 is 11.9 Å². The topological polar surface area (TPSA) is 116 Å². The Bertz CT molecular complexity index is 624. The Morgan fingerprint density at radius 2 is 1.56 bits per heavy atom. The minimum absolute atomic E-state index is 0.0706. The average molecular weight is 352 g/mol. The molecule has 136 valence electrons. The van der Waals surface area contributed by atoms with Crippen LogP contribution in [0.5, 0.6) is 0 Å². The zero-order valence-corrected chi connectivity index (χ0v) is 14.3. The van der Waals surface area contributed by atoms with Crippen LogP contribution in [0, 0.1) is 16.0 Å². The number of nitrogens with zero attached hydrogens (tertiary/aromatic N) is 2. The highest BCUT2D eigenvalue weighted by Crippen LogP contribution is 2.20. The molecule has 0 aliphatic rings. The van der Waals surface area contributed by atoms with Crippen LogP contribution < -0.4 is 4.90 Å². The van der Waals surface area contributed by atoms with E-state index >= 15 is 0 Å². The molecular formula is C16H20N2O7. The van der Waals surface area contributed by atoms with Crippen molar-refractivity contribution in [2.75, 3.05) is 25.2 Å². The third kappa shape index (κ3) is 5.55. The smallest absolute Gasteiger partial charge is 0.320 e. The summed E-state index contributed by atoms with van der Waals surface area (Å²) in [7, 11) is 1.44. The number of non-ortho nitro benzene ring substituents is 1. The molecule has 1 rings (SSSR count). The molecule has 0 fully saturated rings. The summed E-state index contributed by atoms with van der Waals surface area (Å²) in [6, 6.07) is 5.32. The van der Waals surface area contributed by atoms with E-state index in [1.165, 1.54) is 36.2 Å². The summed E-state index contributed by atoms with van der Waals surface area (Å²) in [4.78, 5) is 47.5. The van der Waals surface area contributed by atoms with Gasteiger partial charge in [0.1, 0.15) is 0 Å². The number of amides is 1. The Morgan fingerprint density at radius 1 is 1.08 bits per heavy atom. The number of hydrogen-bond donors (Lipinski definition) is 0. The lowest BCUT2D eigenvalue weighted by Gasteiger charge is -2.20. The number of carbonyl (C=O) groups excluding carboxylic acids is 3. The zero-order chi connectivity index (χ0) is 19.0. The summed E-state index contributed by atoms with van der Waals surface area (Å²) in [5.74, 6) is -3.54. The largest absolute Gasteiger partial charge is 0.465 e. The molecule has 0 unspecified atom stereocenters. The Morgan fingerprint density at radius 3 is 1.96 bits per heavy atom. The molecule has 0 saturated carbocycles. The van der Waals surface area contributed by atoms with Crippen LogP contribution in [-0.4, -0.2) is 43.0 Å². The van der Waals surface area contributed by atoms with E-state index < -0.39 is 35.1 Å². The number of rotatable bonds is 8. The molecule has 0 radical (unpaired) electrons. The van der Waals surface area contributed by atoms with E-state index in [0.29, 0.717) is 5.69 Å². The predicted octanol–water partition coefficient (Wildman–Crippen LogP) is 1.69. The van der Waals surface area contributed by atoms with Crippen LogP contribution in [0.4, 0.5) is 11.4 Å². The first kappa shape index (κ1) is 20.1. The third-order valence-electron chi connectivity index (χ3n) is 3.34. The Balaban J connectivity index is 2.88. The fraction of sp³-hybridized carbons (Fsp3) is 0.438. The lowest BCUT2D eigenvalue weighted by molar-refractivity contribution is -0.384. The van der Waals surface area contributed by atoms with Crippen molar-refractivity contribution >= 4 is 29.2 Å². The van der Waals surface area contributed by atoms with Gasteiger partial charge in [-0.3, -0.25) is 24.5 Å². The predicted molar refractivity (Wildman–Crippen MR) is 87.9 cm³/mol. The second-order valence-corrected chi connectivity index (χ2v) is 4.99. The minimum atomic E-state index is -1.35. The van der Waals surface area contributed by atoms with Crippen LogP contribution in [0.1, 0.15) is 20.3 Å². The molecule has 1 aromatic rings. The maximum absolute atomic E-state index is 12.4. The molecule has 0 aliphatic carbocycles. The van der Waals surface area contributed by atoms with E-state index in [4.69, 9.17) is 9.47 Å². The fourth-order valence-electron chi connectivity index (χ4n) is 2.00. The zero-order valence-electron chi connectivity index (χ0n) is 14.3. The Labute approximate surface area is 144 Å². The van der Waals surface area contributed by atoms with E-state index in [1.807, 2.05) is 0 Å². The van der Waals surface area contributed by atoms with Crippen LogP contribution >= 0.6 is 0 Å². The molecule has 1 amide bonds. The first-order valence-corrected chi connectivity index (χ1v) is 7.66. The molecule has 1 aromatic carbocycles. The monoisotopic (exact) mass is 352 g/mol. The summed E-state index contributed by atoms with van der Waals surface area (Å²) >= 11 is 0. The Kier molecular flexibility index (Phi) is 7.51. The summed E-state index contributed by atoms with van der Waals surface area (Å²) in [5.41, 5.74) is 0.280. The molecule has 9 nitrogen and oxygen atoms in total. The van der Waals surface area contributed by atoms with Gasteiger partial charge < -0.3 is 14.4 Å². The van der Waals surface area contributed by atoms with Crippen molar-refractivity contribution in [2.24, 2.45) is 5.92 Å². The molecule has 0 saturated heterocycles. The van der Waals surface area contributed by atoms with Crippen LogP contribution in [-0.2, 0) is 23.9 Å². The summed E-state index contributed by atoms with van der Waals surface area (Å²) in [6.07, 6.45) is -0.425. The van der Waals surface area contributed by atoms with Gasteiger partial charge in [0.15, 0.2) is 5.92 Å². The maximum Gasteiger partial charge on any atom is 0.320 e. The van der Waals surface area contributed by atoms with Crippen molar-refractivity contribution in [1.29, 1.82) is 0 Å². The van der Waals surface area contributed by atoms with Gasteiger partial charge in [0.2, 0.25) is 5.91 Å². The lowest BCUT2D eigenvalue weighted by Crippen LogP contribution is -2.35. The van der Waals surface area contributed by atoms with Gasteiger partial charge in [-0.15, -0.1) is 0 Å². The van der Waals surface area contributed by atoms with Gasteiger partial charge in [-0.1, -0.05) is 0 Å². The quantitative estimate of drug-likeness (QED) is 0.302. The first-order valence-electron chi connectivity index (χ1n) is 7.66. The average Bonchev–Trinajstić information content (AvgIpc) is 2.59. The number of benzene rings is 1.